The Morgan fingerprint density at radius 3 is 2.86 bits per heavy atom. The Morgan fingerprint density at radius 1 is 1.50 bits per heavy atom. The Labute approximate surface area is 96.8 Å². The molecule has 1 N–H and O–H groups in total. The van der Waals surface area contributed by atoms with Gasteiger partial charge in [0.15, 0.2) is 0 Å². The minimum absolute atomic E-state index is 0.107. The average molecular weight is 272 g/mol. The molecule has 1 aromatic carbocycles. The second kappa shape index (κ2) is 6.04. The number of para-hydroxylation sites is 1. The number of benzene rings is 1. The van der Waals surface area contributed by atoms with Gasteiger partial charge in [0, 0.05) is 11.4 Å². The van der Waals surface area contributed by atoms with Gasteiger partial charge in [-0.2, -0.15) is 4.99 Å². The highest BCUT2D eigenvalue weighted by Crippen LogP contribution is 2.33. The maximum Gasteiger partial charge on any atom is 0.0782 e. The molecule has 0 spiro atoms. The molecule has 14 heavy (non-hydrogen) atoms. The Hall–Kier alpha value is -0.540. The van der Waals surface area contributed by atoms with Gasteiger partial charge in [-0.05, 0) is 30.3 Å². The Kier molecular flexibility index (Phi) is 4.98. The molecule has 0 radical (unpaired) electrons. The Balaban J connectivity index is 2.99. The molecule has 4 heteroatoms. The van der Waals surface area contributed by atoms with Crippen molar-refractivity contribution in [1.82, 2.24) is 0 Å². The van der Waals surface area contributed by atoms with Crippen LogP contribution in [0.5, 0.6) is 0 Å². The fourth-order valence-electron chi connectivity index (χ4n) is 1.17. The Morgan fingerprint density at radius 2 is 2.21 bits per heavy atom. The Bertz CT molecular complexity index is 350. The molecule has 0 aliphatic rings. The molecule has 0 aliphatic carbocycles. The standard InChI is InChI=1S/C10H10BrNOS/c11-9(5-6-13)8-3-1-2-4-10(8)12-7-14/h1-4,9,13H,5-6H2. The van der Waals surface area contributed by atoms with Gasteiger partial charge in [0.25, 0.3) is 0 Å². The third-order valence-corrected chi connectivity index (χ3v) is 2.87. The number of aliphatic imine (C=N–C) groups is 1. The maximum atomic E-state index is 8.82. The summed E-state index contributed by atoms with van der Waals surface area (Å²) in [6.07, 6.45) is 0.657. The number of thiocarbonyl (C=S) groups is 1. The molecule has 0 fully saturated rings. The lowest BCUT2D eigenvalue weighted by atomic mass is 10.1. The molecule has 0 saturated heterocycles. The van der Waals surface area contributed by atoms with E-state index in [0.29, 0.717) is 6.42 Å². The molecular formula is C10H10BrNOS. The molecule has 0 saturated carbocycles. The molecule has 1 atom stereocenters. The highest BCUT2D eigenvalue weighted by atomic mass is 79.9. The normalized spacial score (nSPS) is 11.9. The second-order valence-electron chi connectivity index (χ2n) is 2.74. The molecule has 0 heterocycles. The number of rotatable bonds is 4. The molecule has 74 valence electrons. The third-order valence-electron chi connectivity index (χ3n) is 1.82. The minimum Gasteiger partial charge on any atom is -0.396 e. The predicted octanol–water partition coefficient (Wildman–Crippen LogP) is 3.24. The van der Waals surface area contributed by atoms with Gasteiger partial charge >= 0.3 is 0 Å². The second-order valence-corrected chi connectivity index (χ2v) is 4.03. The van der Waals surface area contributed by atoms with Crippen LogP contribution in [0.4, 0.5) is 5.69 Å². The largest absolute Gasteiger partial charge is 0.396 e. The molecular weight excluding hydrogens is 262 g/mol. The third kappa shape index (κ3) is 3.00. The van der Waals surface area contributed by atoms with Gasteiger partial charge in [-0.3, -0.25) is 0 Å². The summed E-state index contributed by atoms with van der Waals surface area (Å²) in [6, 6.07) is 7.66. The van der Waals surface area contributed by atoms with E-state index in [2.05, 4.69) is 38.3 Å². The van der Waals surface area contributed by atoms with Crippen molar-refractivity contribution >= 4 is 39.0 Å². The number of nitrogens with zero attached hydrogens (tertiary/aromatic N) is 1. The number of aliphatic hydroxyl groups excluding tert-OH is 1. The molecule has 2 nitrogen and oxygen atoms in total. The van der Waals surface area contributed by atoms with Gasteiger partial charge in [0.2, 0.25) is 0 Å². The first-order valence-electron chi connectivity index (χ1n) is 4.21. The zero-order valence-electron chi connectivity index (χ0n) is 7.48. The number of alkyl halides is 1. The number of isothiocyanates is 1. The lowest BCUT2D eigenvalue weighted by Gasteiger charge is -2.10. The van der Waals surface area contributed by atoms with Crippen molar-refractivity contribution in [3.05, 3.63) is 29.8 Å². The minimum atomic E-state index is 0.107. The number of halogens is 1. The van der Waals surface area contributed by atoms with E-state index in [1.54, 1.807) is 0 Å². The van der Waals surface area contributed by atoms with Gasteiger partial charge in [-0.15, -0.1) is 0 Å². The lowest BCUT2D eigenvalue weighted by molar-refractivity contribution is 0.288. The molecule has 0 amide bonds. The number of aliphatic hydroxyl groups is 1. The van der Waals surface area contributed by atoms with Crippen molar-refractivity contribution in [2.45, 2.75) is 11.2 Å². The van der Waals surface area contributed by atoms with Crippen molar-refractivity contribution in [2.24, 2.45) is 4.99 Å². The van der Waals surface area contributed by atoms with Gasteiger partial charge < -0.3 is 5.11 Å². The molecule has 1 rings (SSSR count). The fourth-order valence-corrected chi connectivity index (χ4v) is 1.86. The zero-order chi connectivity index (χ0) is 10.4. The zero-order valence-corrected chi connectivity index (χ0v) is 9.88. The first-order chi connectivity index (χ1) is 6.79. The first kappa shape index (κ1) is 11.5. The highest BCUT2D eigenvalue weighted by Gasteiger charge is 2.10. The maximum absolute atomic E-state index is 8.82. The topological polar surface area (TPSA) is 32.6 Å². The molecule has 0 aromatic heterocycles. The van der Waals surface area contributed by atoms with Crippen LogP contribution in [0.15, 0.2) is 29.3 Å². The van der Waals surface area contributed by atoms with Crippen LogP contribution < -0.4 is 0 Å². The van der Waals surface area contributed by atoms with E-state index in [9.17, 15) is 0 Å². The summed E-state index contributed by atoms with van der Waals surface area (Å²) >= 11 is 8.05. The van der Waals surface area contributed by atoms with Crippen LogP contribution in [0.3, 0.4) is 0 Å². The SMILES string of the molecule is OCCC(Br)c1ccccc1N=C=S. The van der Waals surface area contributed by atoms with Gasteiger partial charge in [-0.25, -0.2) is 0 Å². The summed E-state index contributed by atoms with van der Waals surface area (Å²) in [5.74, 6) is 0. The van der Waals surface area contributed by atoms with Crippen LogP contribution in [0.1, 0.15) is 16.8 Å². The van der Waals surface area contributed by atoms with Crippen LogP contribution in [0, 0.1) is 0 Å². The van der Waals surface area contributed by atoms with Crippen LogP contribution in [-0.2, 0) is 0 Å². The predicted molar refractivity (Wildman–Crippen MR) is 64.5 cm³/mol. The lowest BCUT2D eigenvalue weighted by Crippen LogP contribution is -1.93. The van der Waals surface area contributed by atoms with Gasteiger partial charge in [0.1, 0.15) is 0 Å². The van der Waals surface area contributed by atoms with Crippen molar-refractivity contribution in [1.29, 1.82) is 0 Å². The van der Waals surface area contributed by atoms with Crippen LogP contribution in [-0.4, -0.2) is 16.9 Å². The summed E-state index contributed by atoms with van der Waals surface area (Å²) in [7, 11) is 0. The number of hydrogen-bond acceptors (Lipinski definition) is 3. The molecule has 0 bridgehead atoms. The van der Waals surface area contributed by atoms with Crippen LogP contribution in [0.2, 0.25) is 0 Å². The smallest absolute Gasteiger partial charge is 0.0782 e. The van der Waals surface area contributed by atoms with Crippen LogP contribution in [0.25, 0.3) is 0 Å². The van der Waals surface area contributed by atoms with E-state index in [1.807, 2.05) is 24.3 Å². The summed E-state index contributed by atoms with van der Waals surface area (Å²) in [5.41, 5.74) is 1.83. The van der Waals surface area contributed by atoms with Gasteiger partial charge in [-0.1, -0.05) is 34.1 Å². The van der Waals surface area contributed by atoms with E-state index in [-0.39, 0.29) is 11.4 Å². The van der Waals surface area contributed by atoms with Crippen molar-refractivity contribution < 1.29 is 5.11 Å². The molecule has 0 aliphatic heterocycles. The summed E-state index contributed by atoms with van der Waals surface area (Å²) in [6.45, 7) is 0.144. The van der Waals surface area contributed by atoms with E-state index in [4.69, 9.17) is 5.11 Å². The summed E-state index contributed by atoms with van der Waals surface area (Å²) in [4.78, 5) is 4.07. The van der Waals surface area contributed by atoms with E-state index in [0.717, 1.165) is 11.3 Å². The van der Waals surface area contributed by atoms with E-state index < -0.39 is 0 Å². The van der Waals surface area contributed by atoms with Gasteiger partial charge in [0.05, 0.1) is 10.8 Å². The van der Waals surface area contributed by atoms with E-state index in [1.165, 1.54) is 0 Å². The fraction of sp³-hybridized carbons (Fsp3) is 0.300. The highest BCUT2D eigenvalue weighted by molar-refractivity contribution is 9.09. The quantitative estimate of drug-likeness (QED) is 0.518. The van der Waals surface area contributed by atoms with E-state index >= 15 is 0 Å². The molecule has 1 aromatic rings. The van der Waals surface area contributed by atoms with Crippen molar-refractivity contribution in [3.63, 3.8) is 0 Å². The van der Waals surface area contributed by atoms with Crippen molar-refractivity contribution in [3.8, 4) is 0 Å². The molecule has 1 unspecified atom stereocenters. The number of hydrogen-bond donors (Lipinski definition) is 1. The average Bonchev–Trinajstić information content (AvgIpc) is 2.19. The summed E-state index contributed by atoms with van der Waals surface area (Å²) in [5, 5.41) is 11.2. The van der Waals surface area contributed by atoms with Crippen molar-refractivity contribution in [2.75, 3.05) is 6.61 Å². The summed E-state index contributed by atoms with van der Waals surface area (Å²) < 4.78 is 0. The van der Waals surface area contributed by atoms with Crippen LogP contribution >= 0.6 is 28.1 Å². The first-order valence-corrected chi connectivity index (χ1v) is 5.53. The monoisotopic (exact) mass is 271 g/mol.